The molecular formula is C17H11ClO5. The largest absolute Gasteiger partial charge is 0.482 e. The number of aliphatic carboxylic acids is 1. The molecule has 1 N–H and O–H groups in total. The molecule has 5 nitrogen and oxygen atoms in total. The first-order chi connectivity index (χ1) is 11.0. The van der Waals surface area contributed by atoms with Gasteiger partial charge in [0.15, 0.2) is 12.4 Å². The molecular weight excluding hydrogens is 320 g/mol. The number of Topliss-reactive ketones (excluding diaryl/α,β-unsaturated/α-hetero) is 1. The predicted molar refractivity (Wildman–Crippen MR) is 84.0 cm³/mol. The van der Waals surface area contributed by atoms with Crippen LogP contribution in [0.15, 0.2) is 48.2 Å². The van der Waals surface area contributed by atoms with Gasteiger partial charge >= 0.3 is 5.97 Å². The summed E-state index contributed by atoms with van der Waals surface area (Å²) in [7, 11) is 0. The van der Waals surface area contributed by atoms with Crippen molar-refractivity contribution in [3.8, 4) is 11.5 Å². The molecule has 1 aliphatic rings. The average molecular weight is 331 g/mol. The van der Waals surface area contributed by atoms with E-state index in [1.807, 2.05) is 0 Å². The van der Waals surface area contributed by atoms with Crippen LogP contribution < -0.4 is 9.47 Å². The molecule has 0 spiro atoms. The highest BCUT2D eigenvalue weighted by molar-refractivity contribution is 6.30. The van der Waals surface area contributed by atoms with Gasteiger partial charge in [0.2, 0.25) is 5.78 Å². The van der Waals surface area contributed by atoms with Crippen LogP contribution in [0, 0.1) is 0 Å². The van der Waals surface area contributed by atoms with Gasteiger partial charge in [-0.2, -0.15) is 0 Å². The second kappa shape index (κ2) is 6.14. The Morgan fingerprint density at radius 1 is 1.26 bits per heavy atom. The van der Waals surface area contributed by atoms with E-state index in [1.165, 1.54) is 12.1 Å². The van der Waals surface area contributed by atoms with E-state index in [2.05, 4.69) is 0 Å². The van der Waals surface area contributed by atoms with Crippen molar-refractivity contribution in [3.05, 3.63) is 64.4 Å². The van der Waals surface area contributed by atoms with Crippen LogP contribution in [-0.4, -0.2) is 23.5 Å². The van der Waals surface area contributed by atoms with Crippen molar-refractivity contribution >= 4 is 29.4 Å². The van der Waals surface area contributed by atoms with Crippen LogP contribution in [0.4, 0.5) is 0 Å². The molecule has 116 valence electrons. The van der Waals surface area contributed by atoms with Crippen LogP contribution in [0.5, 0.6) is 11.5 Å². The Labute approximate surface area is 136 Å². The average Bonchev–Trinajstić information content (AvgIpc) is 2.81. The third kappa shape index (κ3) is 3.35. The quantitative estimate of drug-likeness (QED) is 0.870. The van der Waals surface area contributed by atoms with Crippen LogP contribution in [-0.2, 0) is 4.79 Å². The number of carboxylic acid groups (broad SMARTS) is 1. The van der Waals surface area contributed by atoms with Crippen LogP contribution in [0.2, 0.25) is 5.02 Å². The number of carbonyl (C=O) groups is 2. The number of halogens is 1. The van der Waals surface area contributed by atoms with E-state index < -0.39 is 12.6 Å². The highest BCUT2D eigenvalue weighted by Crippen LogP contribution is 2.35. The Kier molecular flexibility index (Phi) is 4.04. The Morgan fingerprint density at radius 2 is 2.09 bits per heavy atom. The van der Waals surface area contributed by atoms with E-state index in [4.69, 9.17) is 26.2 Å². The summed E-state index contributed by atoms with van der Waals surface area (Å²) >= 11 is 5.92. The van der Waals surface area contributed by atoms with Gasteiger partial charge in [-0.3, -0.25) is 4.79 Å². The number of fused-ring (bicyclic) bond motifs is 1. The maximum atomic E-state index is 12.3. The lowest BCUT2D eigenvalue weighted by Gasteiger charge is -2.04. The summed E-state index contributed by atoms with van der Waals surface area (Å²) in [4.78, 5) is 22.8. The number of hydrogen-bond donors (Lipinski definition) is 1. The Hall–Kier alpha value is -2.79. The standard InChI is InChI=1S/C17H11ClO5/c18-11-3-1-2-10(6-11)7-15-17(21)13-5-4-12(8-14(13)23-15)22-9-16(19)20/h1-8H,9H2,(H,19,20). The van der Waals surface area contributed by atoms with Crippen LogP contribution >= 0.6 is 11.6 Å². The van der Waals surface area contributed by atoms with Crippen molar-refractivity contribution in [3.63, 3.8) is 0 Å². The monoisotopic (exact) mass is 330 g/mol. The molecule has 1 aliphatic heterocycles. The number of ether oxygens (including phenoxy) is 2. The third-order valence-electron chi connectivity index (χ3n) is 3.15. The molecule has 2 aromatic rings. The molecule has 2 aromatic carbocycles. The van der Waals surface area contributed by atoms with Crippen molar-refractivity contribution < 1.29 is 24.2 Å². The Morgan fingerprint density at radius 3 is 2.83 bits per heavy atom. The molecule has 0 amide bonds. The van der Waals surface area contributed by atoms with Crippen LogP contribution in [0.3, 0.4) is 0 Å². The topological polar surface area (TPSA) is 72.8 Å². The third-order valence-corrected chi connectivity index (χ3v) is 3.39. The highest BCUT2D eigenvalue weighted by atomic mass is 35.5. The van der Waals surface area contributed by atoms with E-state index in [-0.39, 0.29) is 11.5 Å². The predicted octanol–water partition coefficient (Wildman–Crippen LogP) is 3.42. The number of rotatable bonds is 4. The maximum absolute atomic E-state index is 12.3. The Bertz CT molecular complexity index is 825. The lowest BCUT2D eigenvalue weighted by atomic mass is 10.1. The lowest BCUT2D eigenvalue weighted by molar-refractivity contribution is -0.139. The summed E-state index contributed by atoms with van der Waals surface area (Å²) < 4.78 is 10.6. The molecule has 0 saturated heterocycles. The molecule has 0 atom stereocenters. The van der Waals surface area contributed by atoms with Crippen molar-refractivity contribution in [2.75, 3.05) is 6.61 Å². The maximum Gasteiger partial charge on any atom is 0.341 e. The van der Waals surface area contributed by atoms with Gasteiger partial charge in [-0.05, 0) is 35.9 Å². The molecule has 0 radical (unpaired) electrons. The Balaban J connectivity index is 1.85. The van der Waals surface area contributed by atoms with E-state index in [1.54, 1.807) is 36.4 Å². The van der Waals surface area contributed by atoms with Crippen molar-refractivity contribution in [2.45, 2.75) is 0 Å². The van der Waals surface area contributed by atoms with Gasteiger partial charge in [-0.1, -0.05) is 23.7 Å². The van der Waals surface area contributed by atoms with Gasteiger partial charge in [0.25, 0.3) is 0 Å². The molecule has 1 heterocycles. The zero-order chi connectivity index (χ0) is 16.4. The van der Waals surface area contributed by atoms with Gasteiger partial charge in [-0.25, -0.2) is 4.79 Å². The second-order valence-electron chi connectivity index (χ2n) is 4.84. The molecule has 6 heteroatoms. The number of ketones is 1. The van der Waals surface area contributed by atoms with Crippen LogP contribution in [0.1, 0.15) is 15.9 Å². The summed E-state index contributed by atoms with van der Waals surface area (Å²) in [6.07, 6.45) is 1.60. The van der Waals surface area contributed by atoms with Gasteiger partial charge in [0.1, 0.15) is 11.5 Å². The first-order valence-corrected chi connectivity index (χ1v) is 7.09. The number of carbonyl (C=O) groups excluding carboxylic acids is 1. The molecule has 0 bridgehead atoms. The van der Waals surface area contributed by atoms with Crippen molar-refractivity contribution in [1.82, 2.24) is 0 Å². The summed E-state index contributed by atoms with van der Waals surface area (Å²) in [6.45, 7) is -0.460. The SMILES string of the molecule is O=C(O)COc1ccc2c(c1)OC(=Cc1cccc(Cl)c1)C2=O. The summed E-state index contributed by atoms with van der Waals surface area (Å²) in [5, 5.41) is 9.17. The fourth-order valence-corrected chi connectivity index (χ4v) is 2.35. The minimum atomic E-state index is -1.08. The van der Waals surface area contributed by atoms with E-state index in [0.717, 1.165) is 5.56 Å². The first kappa shape index (κ1) is 15.1. The van der Waals surface area contributed by atoms with Gasteiger partial charge < -0.3 is 14.6 Å². The molecule has 0 aromatic heterocycles. The molecule has 0 saturated carbocycles. The number of carboxylic acids is 1. The molecule has 23 heavy (non-hydrogen) atoms. The van der Waals surface area contributed by atoms with Crippen molar-refractivity contribution in [1.29, 1.82) is 0 Å². The van der Waals surface area contributed by atoms with Gasteiger partial charge in [0.05, 0.1) is 5.56 Å². The number of benzene rings is 2. The second-order valence-corrected chi connectivity index (χ2v) is 5.27. The summed E-state index contributed by atoms with van der Waals surface area (Å²) in [5.41, 5.74) is 1.15. The van der Waals surface area contributed by atoms with Crippen molar-refractivity contribution in [2.24, 2.45) is 0 Å². The normalized spacial score (nSPS) is 14.5. The van der Waals surface area contributed by atoms with Gasteiger partial charge in [0, 0.05) is 11.1 Å². The zero-order valence-corrected chi connectivity index (χ0v) is 12.5. The minimum absolute atomic E-state index is 0.178. The zero-order valence-electron chi connectivity index (χ0n) is 11.8. The lowest BCUT2D eigenvalue weighted by Crippen LogP contribution is -2.09. The smallest absolute Gasteiger partial charge is 0.341 e. The fourth-order valence-electron chi connectivity index (χ4n) is 2.15. The molecule has 0 unspecified atom stereocenters. The minimum Gasteiger partial charge on any atom is -0.482 e. The number of allylic oxidation sites excluding steroid dienone is 1. The molecule has 3 rings (SSSR count). The highest BCUT2D eigenvalue weighted by Gasteiger charge is 2.27. The summed E-state index contributed by atoms with van der Waals surface area (Å²) in [5.74, 6) is -0.486. The van der Waals surface area contributed by atoms with E-state index in [9.17, 15) is 9.59 Å². The number of hydrogen-bond acceptors (Lipinski definition) is 4. The molecule has 0 aliphatic carbocycles. The van der Waals surface area contributed by atoms with Gasteiger partial charge in [-0.15, -0.1) is 0 Å². The van der Waals surface area contributed by atoms with E-state index >= 15 is 0 Å². The first-order valence-electron chi connectivity index (χ1n) is 6.71. The van der Waals surface area contributed by atoms with Crippen LogP contribution in [0.25, 0.3) is 6.08 Å². The molecule has 0 fully saturated rings. The van der Waals surface area contributed by atoms with E-state index in [0.29, 0.717) is 22.1 Å². The summed E-state index contributed by atoms with van der Waals surface area (Å²) in [6, 6.07) is 11.6. The fraction of sp³-hybridized carbons (Fsp3) is 0.0588.